The number of rotatable bonds is 5. The number of nitrogens with one attached hydrogen (secondary N) is 2. The second-order valence-electron chi connectivity index (χ2n) is 5.65. The van der Waals surface area contributed by atoms with Crippen molar-refractivity contribution in [3.05, 3.63) is 78.1 Å². The zero-order chi connectivity index (χ0) is 18.5. The molecule has 6 nitrogen and oxygen atoms in total. The number of hydrogen-bond donors (Lipinski definition) is 2. The highest BCUT2D eigenvalue weighted by molar-refractivity contribution is 5.91. The largest absolute Gasteiger partial charge is 0.495 e. The van der Waals surface area contributed by atoms with Crippen LogP contribution in [0, 0.1) is 5.82 Å². The van der Waals surface area contributed by atoms with Gasteiger partial charge in [-0.3, -0.25) is 0 Å². The van der Waals surface area contributed by atoms with Crippen LogP contribution in [0.25, 0.3) is 0 Å². The highest BCUT2D eigenvalue weighted by Gasteiger charge is 2.23. The molecule has 3 rings (SSSR count). The van der Waals surface area contributed by atoms with Gasteiger partial charge in [-0.05, 0) is 18.2 Å². The Labute approximate surface area is 150 Å². The van der Waals surface area contributed by atoms with Crippen molar-refractivity contribution in [1.82, 2.24) is 14.9 Å². The minimum Gasteiger partial charge on any atom is -0.495 e. The van der Waals surface area contributed by atoms with E-state index in [2.05, 4.69) is 15.6 Å². The van der Waals surface area contributed by atoms with E-state index < -0.39 is 17.9 Å². The summed E-state index contributed by atoms with van der Waals surface area (Å²) in [6, 6.07) is 12.1. The molecule has 134 valence electrons. The number of halogens is 1. The molecule has 2 amide bonds. The normalized spacial score (nSPS) is 11.7. The lowest BCUT2D eigenvalue weighted by Crippen LogP contribution is -2.35. The number of imidazole rings is 1. The molecule has 0 spiro atoms. The molecule has 0 saturated heterocycles. The van der Waals surface area contributed by atoms with Crippen LogP contribution in [0.1, 0.15) is 17.4 Å². The van der Waals surface area contributed by atoms with E-state index in [1.165, 1.54) is 13.2 Å². The molecule has 3 aromatic rings. The lowest BCUT2D eigenvalue weighted by atomic mass is 10.1. The van der Waals surface area contributed by atoms with Crippen molar-refractivity contribution in [2.45, 2.75) is 6.04 Å². The Hall–Kier alpha value is -3.35. The van der Waals surface area contributed by atoms with Gasteiger partial charge in [0.15, 0.2) is 0 Å². The Kier molecular flexibility index (Phi) is 5.17. The summed E-state index contributed by atoms with van der Waals surface area (Å²) >= 11 is 0. The van der Waals surface area contributed by atoms with Crippen LogP contribution in [0.2, 0.25) is 0 Å². The lowest BCUT2D eigenvalue weighted by Gasteiger charge is -2.20. The highest BCUT2D eigenvalue weighted by Crippen LogP contribution is 2.25. The number of urea groups is 1. The maximum absolute atomic E-state index is 14.3. The zero-order valence-electron chi connectivity index (χ0n) is 14.4. The molecule has 0 aliphatic heterocycles. The zero-order valence-corrected chi connectivity index (χ0v) is 14.4. The summed E-state index contributed by atoms with van der Waals surface area (Å²) in [4.78, 5) is 16.8. The van der Waals surface area contributed by atoms with Crippen molar-refractivity contribution in [1.29, 1.82) is 0 Å². The van der Waals surface area contributed by atoms with Gasteiger partial charge in [-0.15, -0.1) is 0 Å². The fourth-order valence-electron chi connectivity index (χ4n) is 2.68. The highest BCUT2D eigenvalue weighted by atomic mass is 19.1. The van der Waals surface area contributed by atoms with E-state index in [1.54, 1.807) is 66.5 Å². The number of carbonyl (C=O) groups is 1. The minimum absolute atomic E-state index is 0.331. The molecule has 0 aliphatic carbocycles. The number of carbonyl (C=O) groups excluding carboxylic acids is 1. The van der Waals surface area contributed by atoms with Crippen LogP contribution in [-0.2, 0) is 7.05 Å². The summed E-state index contributed by atoms with van der Waals surface area (Å²) in [7, 11) is 3.31. The van der Waals surface area contributed by atoms with Crippen molar-refractivity contribution in [2.24, 2.45) is 7.05 Å². The molecule has 7 heteroatoms. The molecule has 0 aliphatic rings. The number of hydrogen-bond acceptors (Lipinski definition) is 3. The second kappa shape index (κ2) is 7.69. The number of ether oxygens (including phenoxy) is 1. The summed E-state index contributed by atoms with van der Waals surface area (Å²) in [5, 5.41) is 5.52. The number of para-hydroxylation sites is 2. The molecule has 2 aromatic carbocycles. The van der Waals surface area contributed by atoms with Gasteiger partial charge in [0, 0.05) is 25.0 Å². The van der Waals surface area contributed by atoms with Gasteiger partial charge in [0.05, 0.1) is 12.8 Å². The van der Waals surface area contributed by atoms with Crippen molar-refractivity contribution in [2.75, 3.05) is 12.4 Å². The summed E-state index contributed by atoms with van der Waals surface area (Å²) in [5.41, 5.74) is 0.844. The van der Waals surface area contributed by atoms with E-state index >= 15 is 0 Å². The number of aryl methyl sites for hydroxylation is 1. The Bertz CT molecular complexity index is 910. The van der Waals surface area contributed by atoms with Crippen LogP contribution >= 0.6 is 0 Å². The van der Waals surface area contributed by atoms with Crippen molar-refractivity contribution in [3.8, 4) is 5.75 Å². The number of nitrogens with zero attached hydrogens (tertiary/aromatic N) is 2. The standard InChI is InChI=1S/C19H19FN4O2/c1-24-12-11-21-18(24)17(13-7-3-4-8-14(13)20)23-19(25)22-15-9-5-6-10-16(15)26-2/h3-12,17H,1-2H3,(H2,22,23,25)/t17-/m0/s1. The molecule has 0 unspecified atom stereocenters. The van der Waals surface area contributed by atoms with E-state index in [9.17, 15) is 9.18 Å². The molecule has 1 heterocycles. The molecule has 0 bridgehead atoms. The minimum atomic E-state index is -0.745. The summed E-state index contributed by atoms with van der Waals surface area (Å²) in [6.07, 6.45) is 3.34. The maximum Gasteiger partial charge on any atom is 0.320 e. The van der Waals surface area contributed by atoms with E-state index in [0.717, 1.165) is 0 Å². The average molecular weight is 354 g/mol. The van der Waals surface area contributed by atoms with Crippen LogP contribution in [0.15, 0.2) is 60.9 Å². The fourth-order valence-corrected chi connectivity index (χ4v) is 2.68. The van der Waals surface area contributed by atoms with E-state index in [-0.39, 0.29) is 0 Å². The Balaban J connectivity index is 1.88. The van der Waals surface area contributed by atoms with Crippen LogP contribution in [-0.4, -0.2) is 22.7 Å². The molecule has 26 heavy (non-hydrogen) atoms. The molecular formula is C19H19FN4O2. The molecule has 0 fully saturated rings. The van der Waals surface area contributed by atoms with Crippen LogP contribution < -0.4 is 15.4 Å². The first-order valence-electron chi connectivity index (χ1n) is 8.02. The predicted molar refractivity (Wildman–Crippen MR) is 96.6 cm³/mol. The lowest BCUT2D eigenvalue weighted by molar-refractivity contribution is 0.249. The van der Waals surface area contributed by atoms with Crippen LogP contribution in [0.4, 0.5) is 14.9 Å². The second-order valence-corrected chi connectivity index (χ2v) is 5.65. The summed E-state index contributed by atoms with van der Waals surface area (Å²) in [5.74, 6) is 0.630. The first kappa shape index (κ1) is 17.5. The van der Waals surface area contributed by atoms with Crippen LogP contribution in [0.3, 0.4) is 0 Å². The van der Waals surface area contributed by atoms with Gasteiger partial charge in [-0.1, -0.05) is 30.3 Å². The quantitative estimate of drug-likeness (QED) is 0.737. The van der Waals surface area contributed by atoms with E-state index in [1.807, 2.05) is 0 Å². The van der Waals surface area contributed by atoms with Crippen LogP contribution in [0.5, 0.6) is 5.75 Å². The van der Waals surface area contributed by atoms with Crippen molar-refractivity contribution in [3.63, 3.8) is 0 Å². The Morgan fingerprint density at radius 3 is 2.62 bits per heavy atom. The SMILES string of the molecule is COc1ccccc1NC(=O)N[C@@H](c1ccccc1F)c1nccn1C. The van der Waals surface area contributed by atoms with Gasteiger partial charge in [-0.2, -0.15) is 0 Å². The summed E-state index contributed by atoms with van der Waals surface area (Å²) in [6.45, 7) is 0. The molecule has 1 atom stereocenters. The van der Waals surface area contributed by atoms with E-state index in [0.29, 0.717) is 22.8 Å². The van der Waals surface area contributed by atoms with Crippen molar-refractivity contribution < 1.29 is 13.9 Å². The monoisotopic (exact) mass is 354 g/mol. The number of aromatic nitrogens is 2. The molecule has 2 N–H and O–H groups in total. The number of methoxy groups -OCH3 is 1. The van der Waals surface area contributed by atoms with E-state index in [4.69, 9.17) is 4.74 Å². The fraction of sp³-hybridized carbons (Fsp3) is 0.158. The summed E-state index contributed by atoms with van der Waals surface area (Å²) < 4.78 is 21.3. The Morgan fingerprint density at radius 2 is 1.92 bits per heavy atom. The smallest absolute Gasteiger partial charge is 0.320 e. The number of anilines is 1. The predicted octanol–water partition coefficient (Wildman–Crippen LogP) is 3.48. The maximum atomic E-state index is 14.3. The van der Waals surface area contributed by atoms with Gasteiger partial charge in [0.25, 0.3) is 0 Å². The molecule has 1 aromatic heterocycles. The topological polar surface area (TPSA) is 68.2 Å². The molecule has 0 saturated carbocycles. The molecule has 0 radical (unpaired) electrons. The molecular weight excluding hydrogens is 335 g/mol. The van der Waals surface area contributed by atoms with Gasteiger partial charge < -0.3 is 19.9 Å². The third-order valence-electron chi connectivity index (χ3n) is 3.96. The van der Waals surface area contributed by atoms with Gasteiger partial charge >= 0.3 is 6.03 Å². The first-order chi connectivity index (χ1) is 12.6. The third kappa shape index (κ3) is 3.66. The van der Waals surface area contributed by atoms with Gasteiger partial charge in [0.1, 0.15) is 23.4 Å². The number of amides is 2. The average Bonchev–Trinajstić information content (AvgIpc) is 3.06. The van der Waals surface area contributed by atoms with Gasteiger partial charge in [-0.25, -0.2) is 14.2 Å². The van der Waals surface area contributed by atoms with Crippen molar-refractivity contribution >= 4 is 11.7 Å². The first-order valence-corrected chi connectivity index (χ1v) is 8.02. The Morgan fingerprint density at radius 1 is 1.19 bits per heavy atom. The van der Waals surface area contributed by atoms with Gasteiger partial charge in [0.2, 0.25) is 0 Å². The number of benzene rings is 2. The third-order valence-corrected chi connectivity index (χ3v) is 3.96.